The van der Waals surface area contributed by atoms with Crippen molar-refractivity contribution in [2.24, 2.45) is 0 Å². The lowest BCUT2D eigenvalue weighted by atomic mass is 10.3. The van der Waals surface area contributed by atoms with Crippen LogP contribution in [-0.2, 0) is 17.9 Å². The Balaban J connectivity index is 2.54. The molecule has 0 aromatic carbocycles. The summed E-state index contributed by atoms with van der Waals surface area (Å²) in [6.45, 7) is 3.11. The standard InChI is InChI=1S/C7H9N3O3/c1-5-7(10(11)12)6-4-13-3-2-9(6)8-5/h2-4H2,1H3. The van der Waals surface area contributed by atoms with Gasteiger partial charge >= 0.3 is 5.69 Å². The van der Waals surface area contributed by atoms with Gasteiger partial charge in [-0.1, -0.05) is 0 Å². The van der Waals surface area contributed by atoms with Crippen molar-refractivity contribution < 1.29 is 9.66 Å². The van der Waals surface area contributed by atoms with E-state index in [4.69, 9.17) is 4.74 Å². The molecule has 2 heterocycles. The molecule has 1 aromatic rings. The van der Waals surface area contributed by atoms with Crippen LogP contribution in [0.1, 0.15) is 11.4 Å². The van der Waals surface area contributed by atoms with Crippen LogP contribution in [0, 0.1) is 17.0 Å². The van der Waals surface area contributed by atoms with Crippen LogP contribution in [0.15, 0.2) is 0 Å². The number of nitro groups is 1. The molecule has 13 heavy (non-hydrogen) atoms. The zero-order valence-corrected chi connectivity index (χ0v) is 7.19. The summed E-state index contributed by atoms with van der Waals surface area (Å²) in [5, 5.41) is 14.7. The van der Waals surface area contributed by atoms with Crippen LogP contribution < -0.4 is 0 Å². The molecule has 1 aliphatic rings. The summed E-state index contributed by atoms with van der Waals surface area (Å²) in [5.74, 6) is 0. The molecule has 0 fully saturated rings. The third-order valence-corrected chi connectivity index (χ3v) is 2.07. The van der Waals surface area contributed by atoms with Crippen molar-refractivity contribution in [3.8, 4) is 0 Å². The zero-order chi connectivity index (χ0) is 9.42. The second-order valence-electron chi connectivity index (χ2n) is 2.91. The molecule has 0 bridgehead atoms. The average Bonchev–Trinajstić information content (AvgIpc) is 2.39. The summed E-state index contributed by atoms with van der Waals surface area (Å²) in [6.07, 6.45) is 0. The zero-order valence-electron chi connectivity index (χ0n) is 7.19. The van der Waals surface area contributed by atoms with E-state index in [1.807, 2.05) is 0 Å². The van der Waals surface area contributed by atoms with Crippen LogP contribution in [-0.4, -0.2) is 21.3 Å². The Labute approximate surface area is 74.3 Å². The number of aromatic nitrogens is 2. The van der Waals surface area contributed by atoms with Gasteiger partial charge in [0.05, 0.1) is 24.7 Å². The molecule has 1 aromatic heterocycles. The molecule has 2 rings (SSSR count). The number of hydrogen-bond donors (Lipinski definition) is 0. The fourth-order valence-electron chi connectivity index (χ4n) is 1.51. The Kier molecular flexibility index (Phi) is 1.77. The molecule has 0 spiro atoms. The Morgan fingerprint density at radius 2 is 2.46 bits per heavy atom. The smallest absolute Gasteiger partial charge is 0.315 e. The predicted molar refractivity (Wildman–Crippen MR) is 43.3 cm³/mol. The van der Waals surface area contributed by atoms with Gasteiger partial charge in [0.1, 0.15) is 11.4 Å². The summed E-state index contributed by atoms with van der Waals surface area (Å²) in [6, 6.07) is 0. The highest BCUT2D eigenvalue weighted by atomic mass is 16.6. The van der Waals surface area contributed by atoms with E-state index in [0.29, 0.717) is 24.5 Å². The first kappa shape index (κ1) is 8.18. The molecule has 70 valence electrons. The summed E-state index contributed by atoms with van der Waals surface area (Å²) in [7, 11) is 0. The molecule has 1 aliphatic heterocycles. The molecule has 0 radical (unpaired) electrons. The molecular weight excluding hydrogens is 174 g/mol. The van der Waals surface area contributed by atoms with Crippen LogP contribution >= 0.6 is 0 Å². The molecule has 0 unspecified atom stereocenters. The van der Waals surface area contributed by atoms with E-state index in [1.165, 1.54) is 0 Å². The number of nitrogens with zero attached hydrogens (tertiary/aromatic N) is 3. The first-order chi connectivity index (χ1) is 6.20. The van der Waals surface area contributed by atoms with Gasteiger partial charge in [0.15, 0.2) is 0 Å². The van der Waals surface area contributed by atoms with Crippen molar-refractivity contribution >= 4 is 5.69 Å². The van der Waals surface area contributed by atoms with Crippen LogP contribution in [0.2, 0.25) is 0 Å². The third-order valence-electron chi connectivity index (χ3n) is 2.07. The van der Waals surface area contributed by atoms with Crippen molar-refractivity contribution in [1.29, 1.82) is 0 Å². The number of aryl methyl sites for hydroxylation is 1. The highest BCUT2D eigenvalue weighted by Gasteiger charge is 2.26. The van der Waals surface area contributed by atoms with Gasteiger partial charge in [0.2, 0.25) is 0 Å². The summed E-state index contributed by atoms with van der Waals surface area (Å²) >= 11 is 0. The Morgan fingerprint density at radius 1 is 1.69 bits per heavy atom. The van der Waals surface area contributed by atoms with Gasteiger partial charge in [0.25, 0.3) is 0 Å². The lowest BCUT2D eigenvalue weighted by molar-refractivity contribution is -0.386. The molecule has 0 atom stereocenters. The highest BCUT2D eigenvalue weighted by molar-refractivity contribution is 5.40. The van der Waals surface area contributed by atoms with Crippen LogP contribution in [0.25, 0.3) is 0 Å². The minimum atomic E-state index is -0.400. The van der Waals surface area contributed by atoms with Gasteiger partial charge in [-0.15, -0.1) is 0 Å². The number of rotatable bonds is 1. The van der Waals surface area contributed by atoms with Gasteiger partial charge in [-0.25, -0.2) is 0 Å². The van der Waals surface area contributed by atoms with Crippen LogP contribution in [0.3, 0.4) is 0 Å². The molecule has 6 heteroatoms. The topological polar surface area (TPSA) is 70.2 Å². The Bertz CT molecular complexity index is 358. The average molecular weight is 183 g/mol. The van der Waals surface area contributed by atoms with Gasteiger partial charge in [0, 0.05) is 0 Å². The monoisotopic (exact) mass is 183 g/mol. The van der Waals surface area contributed by atoms with Crippen molar-refractivity contribution in [3.05, 3.63) is 21.5 Å². The maximum Gasteiger partial charge on any atom is 0.315 e. The normalized spacial score (nSPS) is 15.5. The molecule has 0 saturated heterocycles. The second kappa shape index (κ2) is 2.81. The van der Waals surface area contributed by atoms with Gasteiger partial charge < -0.3 is 4.74 Å². The third kappa shape index (κ3) is 1.19. The SMILES string of the molecule is Cc1nn2c(c1[N+](=O)[O-])COCC2. The van der Waals surface area contributed by atoms with E-state index < -0.39 is 4.92 Å². The fourth-order valence-corrected chi connectivity index (χ4v) is 1.51. The molecular formula is C7H9N3O3. The van der Waals surface area contributed by atoms with E-state index in [-0.39, 0.29) is 12.3 Å². The van der Waals surface area contributed by atoms with Gasteiger partial charge in [-0.05, 0) is 6.92 Å². The van der Waals surface area contributed by atoms with Crippen LogP contribution in [0.4, 0.5) is 5.69 Å². The maximum atomic E-state index is 10.7. The van der Waals surface area contributed by atoms with E-state index in [0.717, 1.165) is 0 Å². The quantitative estimate of drug-likeness (QED) is 0.473. The van der Waals surface area contributed by atoms with E-state index in [2.05, 4.69) is 5.10 Å². The first-order valence-electron chi connectivity index (χ1n) is 3.98. The molecule has 6 nitrogen and oxygen atoms in total. The lowest BCUT2D eigenvalue weighted by Gasteiger charge is -2.12. The van der Waals surface area contributed by atoms with Crippen LogP contribution in [0.5, 0.6) is 0 Å². The van der Waals surface area contributed by atoms with Crippen molar-refractivity contribution in [2.75, 3.05) is 6.61 Å². The number of ether oxygens (including phenoxy) is 1. The molecule has 0 amide bonds. The molecule has 0 N–H and O–H groups in total. The van der Waals surface area contributed by atoms with Crippen molar-refractivity contribution in [2.45, 2.75) is 20.1 Å². The molecule has 0 aliphatic carbocycles. The van der Waals surface area contributed by atoms with E-state index in [9.17, 15) is 10.1 Å². The summed E-state index contributed by atoms with van der Waals surface area (Å²) < 4.78 is 6.78. The van der Waals surface area contributed by atoms with Gasteiger partial charge in [-0.3, -0.25) is 14.8 Å². The Hall–Kier alpha value is -1.43. The van der Waals surface area contributed by atoms with E-state index in [1.54, 1.807) is 11.6 Å². The largest absolute Gasteiger partial charge is 0.373 e. The van der Waals surface area contributed by atoms with Gasteiger partial charge in [-0.2, -0.15) is 5.10 Å². The first-order valence-corrected chi connectivity index (χ1v) is 3.98. The number of hydrogen-bond acceptors (Lipinski definition) is 4. The minimum Gasteiger partial charge on any atom is -0.373 e. The number of fused-ring (bicyclic) bond motifs is 1. The van der Waals surface area contributed by atoms with E-state index >= 15 is 0 Å². The highest BCUT2D eigenvalue weighted by Crippen LogP contribution is 2.25. The minimum absolute atomic E-state index is 0.0969. The fraction of sp³-hybridized carbons (Fsp3) is 0.571. The van der Waals surface area contributed by atoms with Crippen molar-refractivity contribution in [1.82, 2.24) is 9.78 Å². The second-order valence-corrected chi connectivity index (χ2v) is 2.91. The molecule has 0 saturated carbocycles. The maximum absolute atomic E-state index is 10.7. The Morgan fingerprint density at radius 3 is 3.15 bits per heavy atom. The summed E-state index contributed by atoms with van der Waals surface area (Å²) in [5.41, 5.74) is 1.14. The van der Waals surface area contributed by atoms with Crippen molar-refractivity contribution in [3.63, 3.8) is 0 Å². The summed E-state index contributed by atoms with van der Waals surface area (Å²) in [4.78, 5) is 10.3. The predicted octanol–water partition coefficient (Wildman–Crippen LogP) is 0.630. The lowest BCUT2D eigenvalue weighted by Crippen LogP contribution is -2.17.